The molecule has 39 heavy (non-hydrogen) atoms. The summed E-state index contributed by atoms with van der Waals surface area (Å²) in [5.41, 5.74) is 3.90. The molecular formula is C29H30N2O7S. The molecule has 0 bridgehead atoms. The van der Waals surface area contributed by atoms with Gasteiger partial charge in [-0.3, -0.25) is 14.4 Å². The molecule has 0 heterocycles. The number of fused-ring (bicyclic) bond motifs is 3. The van der Waals surface area contributed by atoms with E-state index in [9.17, 15) is 29.7 Å². The van der Waals surface area contributed by atoms with E-state index in [4.69, 9.17) is 10.5 Å². The number of rotatable bonds is 6. The van der Waals surface area contributed by atoms with Gasteiger partial charge >= 0.3 is 0 Å². The van der Waals surface area contributed by atoms with Gasteiger partial charge in [-0.05, 0) is 42.2 Å². The molecular weight excluding hydrogens is 520 g/mol. The second kappa shape index (κ2) is 9.77. The predicted molar refractivity (Wildman–Crippen MR) is 147 cm³/mol. The fraction of sp³-hybridized carbons (Fsp3) is 0.345. The molecule has 9 nitrogen and oxygen atoms in total. The van der Waals surface area contributed by atoms with Crippen LogP contribution in [0.5, 0.6) is 5.75 Å². The van der Waals surface area contributed by atoms with Gasteiger partial charge in [-0.2, -0.15) is 0 Å². The largest absolute Gasteiger partial charge is 0.508 e. The quantitative estimate of drug-likeness (QED) is 0.314. The number of ether oxygens (including phenoxy) is 1. The molecule has 2 aromatic rings. The Bertz CT molecular complexity index is 1450. The smallest absolute Gasteiger partial charge is 0.255 e. The number of hydrogen-bond donors (Lipinski definition) is 4. The van der Waals surface area contributed by atoms with Gasteiger partial charge in [0, 0.05) is 54.3 Å². The normalized spacial score (nSPS) is 26.1. The summed E-state index contributed by atoms with van der Waals surface area (Å²) in [6, 6.07) is 13.4. The van der Waals surface area contributed by atoms with Gasteiger partial charge in [0.05, 0.1) is 12.7 Å². The first-order valence-corrected chi connectivity index (χ1v) is 13.5. The summed E-state index contributed by atoms with van der Waals surface area (Å²) in [7, 11) is 5.24. The lowest BCUT2D eigenvalue weighted by molar-refractivity contribution is -0.148. The molecule has 2 aromatic carbocycles. The van der Waals surface area contributed by atoms with Crippen LogP contribution in [0.1, 0.15) is 29.9 Å². The summed E-state index contributed by atoms with van der Waals surface area (Å²) in [6.45, 7) is 0. The lowest BCUT2D eigenvalue weighted by Crippen LogP contribution is -2.58. The number of primary amides is 1. The molecule has 1 amide bonds. The van der Waals surface area contributed by atoms with E-state index < -0.39 is 46.2 Å². The van der Waals surface area contributed by atoms with Gasteiger partial charge in [-0.15, -0.1) is 11.8 Å². The zero-order valence-electron chi connectivity index (χ0n) is 21.8. The molecule has 3 aliphatic rings. The van der Waals surface area contributed by atoms with E-state index in [-0.39, 0.29) is 30.1 Å². The maximum Gasteiger partial charge on any atom is 0.255 e. The van der Waals surface area contributed by atoms with Crippen molar-refractivity contribution in [3.05, 3.63) is 70.5 Å². The van der Waals surface area contributed by atoms with E-state index in [0.29, 0.717) is 17.1 Å². The number of nitrogens with two attached hydrogens (primary N) is 1. The average molecular weight is 551 g/mol. The summed E-state index contributed by atoms with van der Waals surface area (Å²) in [4.78, 5) is 41.7. The van der Waals surface area contributed by atoms with Gasteiger partial charge in [0.15, 0.2) is 11.4 Å². The molecule has 3 aliphatic carbocycles. The zero-order chi connectivity index (χ0) is 28.2. The first-order chi connectivity index (χ1) is 18.5. The Morgan fingerprint density at radius 1 is 1.15 bits per heavy atom. The standard InChI is InChI=1S/C29H30N2O7S/c1-31(2)18-9-10-20(38-3)24-21(18)17(13-39-15-7-5-4-6-8-15)16-11-14-12-19(32)23(28(30)36)27(35)29(14,37)26(34)22(16)25(24)33/h4-10,14,16-17,33,35,37H,11-13H2,1-3H3,(H2,30,36)/t14-,16+,17+,29-/m0/s1. The molecule has 204 valence electrons. The van der Waals surface area contributed by atoms with Crippen molar-refractivity contribution in [2.24, 2.45) is 17.6 Å². The van der Waals surface area contributed by atoms with Gasteiger partial charge in [0.25, 0.3) is 5.91 Å². The summed E-state index contributed by atoms with van der Waals surface area (Å²) < 4.78 is 5.60. The molecule has 0 radical (unpaired) electrons. The molecule has 5 rings (SSSR count). The van der Waals surface area contributed by atoms with Crippen molar-refractivity contribution in [3.63, 3.8) is 0 Å². The molecule has 0 saturated heterocycles. The van der Waals surface area contributed by atoms with E-state index in [1.165, 1.54) is 7.11 Å². The summed E-state index contributed by atoms with van der Waals surface area (Å²) in [5.74, 6) is -5.30. The topological polar surface area (TPSA) is 150 Å². The van der Waals surface area contributed by atoms with Gasteiger partial charge in [-0.25, -0.2) is 0 Å². The zero-order valence-corrected chi connectivity index (χ0v) is 22.6. The minimum atomic E-state index is -2.56. The SMILES string of the molecule is COc1ccc(N(C)C)c2c1C(O)=C1C(=O)[C@]3(O)C(O)=C(C(N)=O)C(=O)C[C@@H]3C[C@@H]1[C@H]2CSc1ccccc1. The number of hydrogen-bond acceptors (Lipinski definition) is 9. The summed E-state index contributed by atoms with van der Waals surface area (Å²) >= 11 is 1.59. The summed E-state index contributed by atoms with van der Waals surface area (Å²) in [6.07, 6.45) is -0.216. The number of methoxy groups -OCH3 is 1. The van der Waals surface area contributed by atoms with Crippen molar-refractivity contribution in [2.45, 2.75) is 29.3 Å². The minimum absolute atomic E-state index is 0.0566. The highest BCUT2D eigenvalue weighted by Crippen LogP contribution is 2.58. The van der Waals surface area contributed by atoms with Crippen LogP contribution in [-0.4, -0.2) is 65.4 Å². The minimum Gasteiger partial charge on any atom is -0.508 e. The fourth-order valence-electron chi connectivity index (χ4n) is 6.24. The van der Waals surface area contributed by atoms with Crippen LogP contribution < -0.4 is 15.4 Å². The fourth-order valence-corrected chi connectivity index (χ4v) is 7.36. The number of amides is 1. The van der Waals surface area contributed by atoms with Crippen LogP contribution in [0.25, 0.3) is 5.76 Å². The maximum atomic E-state index is 14.1. The van der Waals surface area contributed by atoms with Crippen LogP contribution in [-0.2, 0) is 14.4 Å². The van der Waals surface area contributed by atoms with Gasteiger partial charge < -0.3 is 30.7 Å². The molecule has 0 unspecified atom stereocenters. The molecule has 5 N–H and O–H groups in total. The molecule has 4 atom stereocenters. The van der Waals surface area contributed by atoms with Crippen molar-refractivity contribution in [3.8, 4) is 5.75 Å². The highest BCUT2D eigenvalue weighted by molar-refractivity contribution is 7.99. The highest BCUT2D eigenvalue weighted by Gasteiger charge is 2.61. The van der Waals surface area contributed by atoms with Crippen molar-refractivity contribution in [1.82, 2.24) is 0 Å². The molecule has 10 heteroatoms. The van der Waals surface area contributed by atoms with E-state index in [1.807, 2.05) is 55.4 Å². The number of ketones is 2. The summed E-state index contributed by atoms with van der Waals surface area (Å²) in [5, 5.41) is 34.2. The van der Waals surface area contributed by atoms with E-state index >= 15 is 0 Å². The molecule has 0 aliphatic heterocycles. The van der Waals surface area contributed by atoms with Crippen LogP contribution in [0.2, 0.25) is 0 Å². The van der Waals surface area contributed by atoms with E-state index in [0.717, 1.165) is 16.1 Å². The van der Waals surface area contributed by atoms with Crippen LogP contribution in [0, 0.1) is 11.8 Å². The average Bonchev–Trinajstić information content (AvgIpc) is 2.90. The Balaban J connectivity index is 1.74. The number of aliphatic hydroxyl groups excluding tert-OH is 2. The first kappa shape index (κ1) is 26.8. The lowest BCUT2D eigenvalue weighted by atomic mass is 9.57. The third-order valence-electron chi connectivity index (χ3n) is 8.05. The van der Waals surface area contributed by atoms with E-state index in [1.54, 1.807) is 17.8 Å². The Kier molecular flexibility index (Phi) is 6.72. The van der Waals surface area contributed by atoms with Crippen molar-refractivity contribution >= 4 is 40.7 Å². The third kappa shape index (κ3) is 4.01. The number of benzene rings is 2. The number of carbonyl (C=O) groups excluding carboxylic acids is 3. The molecule has 1 saturated carbocycles. The monoisotopic (exact) mass is 550 g/mol. The molecule has 0 spiro atoms. The van der Waals surface area contributed by atoms with Gasteiger partial charge in [-0.1, -0.05) is 18.2 Å². The van der Waals surface area contributed by atoms with Gasteiger partial charge in [0.1, 0.15) is 22.8 Å². The Labute approximate surface area is 229 Å². The van der Waals surface area contributed by atoms with Crippen LogP contribution in [0.4, 0.5) is 5.69 Å². The third-order valence-corrected chi connectivity index (χ3v) is 9.18. The molecule has 1 fully saturated rings. The first-order valence-electron chi connectivity index (χ1n) is 12.6. The number of anilines is 1. The van der Waals surface area contributed by atoms with Crippen LogP contribution in [0.15, 0.2) is 64.3 Å². The van der Waals surface area contributed by atoms with Crippen molar-refractivity contribution < 1.29 is 34.4 Å². The highest BCUT2D eigenvalue weighted by atomic mass is 32.2. The van der Waals surface area contributed by atoms with Crippen LogP contribution >= 0.6 is 11.8 Å². The molecule has 0 aromatic heterocycles. The Morgan fingerprint density at radius 3 is 2.46 bits per heavy atom. The maximum absolute atomic E-state index is 14.1. The number of carbonyl (C=O) groups is 3. The van der Waals surface area contributed by atoms with Crippen molar-refractivity contribution in [1.29, 1.82) is 0 Å². The van der Waals surface area contributed by atoms with Crippen LogP contribution in [0.3, 0.4) is 0 Å². The lowest BCUT2D eigenvalue weighted by Gasteiger charge is -2.48. The number of thioether (sulfide) groups is 1. The van der Waals surface area contributed by atoms with Gasteiger partial charge in [0.2, 0.25) is 5.78 Å². The Hall–Kier alpha value is -3.76. The number of aliphatic hydroxyl groups is 3. The number of Topliss-reactive ketones (excluding diaryl/α,β-unsaturated/α-hetero) is 2. The second-order valence-electron chi connectivity index (χ2n) is 10.3. The predicted octanol–water partition coefficient (Wildman–Crippen LogP) is 3.13. The van der Waals surface area contributed by atoms with E-state index in [2.05, 4.69) is 0 Å². The second-order valence-corrected chi connectivity index (χ2v) is 11.4. The van der Waals surface area contributed by atoms with Crippen molar-refractivity contribution in [2.75, 3.05) is 31.9 Å². The number of nitrogens with zero attached hydrogens (tertiary/aromatic N) is 1. The Morgan fingerprint density at radius 2 is 1.85 bits per heavy atom.